The quantitative estimate of drug-likeness (QED) is 0.437. The number of carbonyl (C=O) groups excluding carboxylic acids is 1. The summed E-state index contributed by atoms with van der Waals surface area (Å²) in [5.74, 6) is -1.53. The smallest absolute Gasteiger partial charge is 0.339 e. The summed E-state index contributed by atoms with van der Waals surface area (Å²) in [5.41, 5.74) is 2.48. The number of aromatic carboxylic acids is 1. The molecule has 0 unspecified atom stereocenters. The lowest BCUT2D eigenvalue weighted by atomic mass is 9.88. The number of rotatable bonds is 8. The number of carboxylic acids is 1. The average Bonchev–Trinajstić information content (AvgIpc) is 2.75. The number of carbonyl (C=O) groups is 2. The molecule has 0 aliphatic carbocycles. The van der Waals surface area contributed by atoms with Crippen molar-refractivity contribution in [2.24, 2.45) is 0 Å². The molecule has 0 aliphatic rings. The highest BCUT2D eigenvalue weighted by atomic mass is 16.5. The van der Waals surface area contributed by atoms with Crippen LogP contribution in [0.25, 0.3) is 0 Å². The lowest BCUT2D eigenvalue weighted by molar-refractivity contribution is 0.0487. The molecular formula is C24H22O4. The van der Waals surface area contributed by atoms with Crippen LogP contribution in [0.4, 0.5) is 0 Å². The Balaban J connectivity index is 1.62. The third-order valence-corrected chi connectivity index (χ3v) is 4.65. The zero-order valence-corrected chi connectivity index (χ0v) is 15.5. The van der Waals surface area contributed by atoms with Gasteiger partial charge in [-0.25, -0.2) is 9.59 Å². The van der Waals surface area contributed by atoms with Crippen molar-refractivity contribution >= 4 is 11.9 Å². The first kappa shape index (κ1) is 19.4. The maximum absolute atomic E-state index is 12.3. The molecule has 0 saturated carbocycles. The Morgan fingerprint density at radius 2 is 1.25 bits per heavy atom. The van der Waals surface area contributed by atoms with Gasteiger partial charge in [-0.3, -0.25) is 0 Å². The van der Waals surface area contributed by atoms with Crippen LogP contribution in [-0.4, -0.2) is 23.7 Å². The monoisotopic (exact) mass is 374 g/mol. The van der Waals surface area contributed by atoms with E-state index >= 15 is 0 Å². The predicted octanol–water partition coefficient (Wildman–Crippen LogP) is 5.15. The molecule has 1 N–H and O–H groups in total. The second-order valence-electron chi connectivity index (χ2n) is 6.50. The summed E-state index contributed by atoms with van der Waals surface area (Å²) in [6.07, 6.45) is 1.50. The van der Waals surface area contributed by atoms with E-state index in [0.29, 0.717) is 6.42 Å². The minimum atomic E-state index is -1.14. The summed E-state index contributed by atoms with van der Waals surface area (Å²) in [6.45, 7) is 0.239. The van der Waals surface area contributed by atoms with E-state index in [-0.39, 0.29) is 23.7 Å². The first-order valence-corrected chi connectivity index (χ1v) is 9.26. The van der Waals surface area contributed by atoms with E-state index in [9.17, 15) is 14.7 Å². The molecule has 3 aromatic carbocycles. The van der Waals surface area contributed by atoms with E-state index in [1.807, 2.05) is 36.4 Å². The van der Waals surface area contributed by atoms with Crippen LogP contribution in [0.2, 0.25) is 0 Å². The molecule has 142 valence electrons. The normalized spacial score (nSPS) is 10.6. The van der Waals surface area contributed by atoms with Crippen molar-refractivity contribution in [3.05, 3.63) is 107 Å². The zero-order valence-electron chi connectivity index (χ0n) is 15.5. The SMILES string of the molecule is O=C(O)c1ccccc1C(=O)OCCCC(c1ccccc1)c1ccccc1. The van der Waals surface area contributed by atoms with Crippen molar-refractivity contribution in [1.29, 1.82) is 0 Å². The zero-order chi connectivity index (χ0) is 19.8. The maximum Gasteiger partial charge on any atom is 0.339 e. The Hall–Kier alpha value is -3.40. The van der Waals surface area contributed by atoms with Crippen LogP contribution in [0.3, 0.4) is 0 Å². The van der Waals surface area contributed by atoms with Crippen LogP contribution >= 0.6 is 0 Å². The van der Waals surface area contributed by atoms with E-state index in [1.54, 1.807) is 12.1 Å². The Bertz CT molecular complexity index is 880. The van der Waals surface area contributed by atoms with E-state index in [0.717, 1.165) is 6.42 Å². The highest BCUT2D eigenvalue weighted by Crippen LogP contribution is 2.29. The third kappa shape index (κ3) is 4.86. The standard InChI is InChI=1S/C24H22O4/c25-23(26)21-14-7-8-15-22(21)24(27)28-17-9-16-20(18-10-3-1-4-11-18)19-12-5-2-6-13-19/h1-8,10-15,20H,9,16-17H2,(H,25,26). The van der Waals surface area contributed by atoms with E-state index in [1.165, 1.54) is 23.3 Å². The molecule has 3 rings (SSSR count). The summed E-state index contributed by atoms with van der Waals surface area (Å²) in [6, 6.07) is 26.6. The van der Waals surface area contributed by atoms with Gasteiger partial charge in [-0.2, -0.15) is 0 Å². The summed E-state index contributed by atoms with van der Waals surface area (Å²) >= 11 is 0. The predicted molar refractivity (Wildman–Crippen MR) is 108 cm³/mol. The van der Waals surface area contributed by atoms with Crippen molar-refractivity contribution in [3.8, 4) is 0 Å². The van der Waals surface area contributed by atoms with Gasteiger partial charge in [0.05, 0.1) is 17.7 Å². The van der Waals surface area contributed by atoms with Gasteiger partial charge in [0, 0.05) is 5.92 Å². The molecule has 0 aromatic heterocycles. The summed E-state index contributed by atoms with van der Waals surface area (Å²) < 4.78 is 5.34. The fourth-order valence-electron chi connectivity index (χ4n) is 3.27. The first-order valence-electron chi connectivity index (χ1n) is 9.26. The molecule has 0 amide bonds. The van der Waals surface area contributed by atoms with Crippen LogP contribution in [0, 0.1) is 0 Å². The number of benzene rings is 3. The Morgan fingerprint density at radius 3 is 1.79 bits per heavy atom. The highest BCUT2D eigenvalue weighted by Gasteiger charge is 2.18. The molecule has 0 bridgehead atoms. The molecule has 0 aliphatic heterocycles. The molecule has 3 aromatic rings. The van der Waals surface area contributed by atoms with Gasteiger partial charge in [0.2, 0.25) is 0 Å². The largest absolute Gasteiger partial charge is 0.478 e. The molecule has 0 spiro atoms. The van der Waals surface area contributed by atoms with Crippen molar-refractivity contribution in [1.82, 2.24) is 0 Å². The second-order valence-corrected chi connectivity index (χ2v) is 6.50. The molecule has 4 nitrogen and oxygen atoms in total. The van der Waals surface area contributed by atoms with Gasteiger partial charge in [-0.1, -0.05) is 72.8 Å². The molecule has 0 radical (unpaired) electrons. The lowest BCUT2D eigenvalue weighted by Crippen LogP contribution is -2.13. The molecule has 4 heteroatoms. The Labute approximate surface area is 164 Å². The van der Waals surface area contributed by atoms with Gasteiger partial charge in [0.1, 0.15) is 0 Å². The minimum absolute atomic E-state index is 0.0426. The van der Waals surface area contributed by atoms with Crippen LogP contribution in [-0.2, 0) is 4.74 Å². The average molecular weight is 374 g/mol. The second kappa shape index (κ2) is 9.51. The van der Waals surface area contributed by atoms with Gasteiger partial charge >= 0.3 is 11.9 Å². The van der Waals surface area contributed by atoms with Crippen molar-refractivity contribution < 1.29 is 19.4 Å². The van der Waals surface area contributed by atoms with Crippen LogP contribution in [0.15, 0.2) is 84.9 Å². The summed E-state index contributed by atoms with van der Waals surface area (Å²) in [5, 5.41) is 9.20. The molecule has 0 fully saturated rings. The Kier molecular flexibility index (Phi) is 6.58. The van der Waals surface area contributed by atoms with Gasteiger partial charge in [0.15, 0.2) is 0 Å². The first-order chi connectivity index (χ1) is 13.7. The summed E-state index contributed by atoms with van der Waals surface area (Å²) in [7, 11) is 0. The fraction of sp³-hybridized carbons (Fsp3) is 0.167. The maximum atomic E-state index is 12.3. The lowest BCUT2D eigenvalue weighted by Gasteiger charge is -2.18. The van der Waals surface area contributed by atoms with Gasteiger partial charge < -0.3 is 9.84 Å². The van der Waals surface area contributed by atoms with Crippen LogP contribution in [0.1, 0.15) is 50.6 Å². The van der Waals surface area contributed by atoms with Gasteiger partial charge in [0.25, 0.3) is 0 Å². The number of esters is 1. The summed E-state index contributed by atoms with van der Waals surface area (Å²) in [4.78, 5) is 23.5. The molecule has 0 atom stereocenters. The molecule has 28 heavy (non-hydrogen) atoms. The van der Waals surface area contributed by atoms with E-state index < -0.39 is 11.9 Å². The van der Waals surface area contributed by atoms with E-state index in [2.05, 4.69) is 24.3 Å². The molecule has 0 heterocycles. The highest BCUT2D eigenvalue weighted by molar-refractivity contribution is 6.02. The van der Waals surface area contributed by atoms with E-state index in [4.69, 9.17) is 4.74 Å². The molecular weight excluding hydrogens is 352 g/mol. The van der Waals surface area contributed by atoms with Crippen LogP contribution in [0.5, 0.6) is 0 Å². The van der Waals surface area contributed by atoms with Crippen molar-refractivity contribution in [3.63, 3.8) is 0 Å². The number of hydrogen-bond donors (Lipinski definition) is 1. The molecule has 0 saturated heterocycles. The van der Waals surface area contributed by atoms with Crippen molar-refractivity contribution in [2.45, 2.75) is 18.8 Å². The topological polar surface area (TPSA) is 63.6 Å². The Morgan fingerprint density at radius 1 is 0.750 bits per heavy atom. The minimum Gasteiger partial charge on any atom is -0.478 e. The number of hydrogen-bond acceptors (Lipinski definition) is 3. The van der Waals surface area contributed by atoms with Gasteiger partial charge in [-0.05, 0) is 36.1 Å². The van der Waals surface area contributed by atoms with Crippen LogP contribution < -0.4 is 0 Å². The fourth-order valence-corrected chi connectivity index (χ4v) is 3.27. The number of ether oxygens (including phenoxy) is 1. The van der Waals surface area contributed by atoms with Crippen molar-refractivity contribution in [2.75, 3.05) is 6.61 Å². The van der Waals surface area contributed by atoms with Gasteiger partial charge in [-0.15, -0.1) is 0 Å². The third-order valence-electron chi connectivity index (χ3n) is 4.65. The number of carboxylic acid groups (broad SMARTS) is 1.